The van der Waals surface area contributed by atoms with Crippen LogP contribution in [0.5, 0.6) is 0 Å². The molecule has 1 aliphatic rings. The van der Waals surface area contributed by atoms with Crippen molar-refractivity contribution < 1.29 is 23.1 Å². The van der Waals surface area contributed by atoms with Gasteiger partial charge >= 0.3 is 5.97 Å². The summed E-state index contributed by atoms with van der Waals surface area (Å²) in [6, 6.07) is -0.488. The largest absolute Gasteiger partial charge is 0.481 e. The molecular weight excluding hydrogens is 234 g/mol. The lowest BCUT2D eigenvalue weighted by molar-refractivity contribution is -0.140. The quantitative estimate of drug-likeness (QED) is 0.668. The fourth-order valence-corrected chi connectivity index (χ4v) is 2.59. The molecule has 0 radical (unpaired) electrons. The van der Waals surface area contributed by atoms with Crippen LogP contribution in [-0.4, -0.2) is 43.5 Å². The predicted molar refractivity (Wildman–Crippen MR) is 56.5 cm³/mol. The summed E-state index contributed by atoms with van der Waals surface area (Å²) >= 11 is 0. The maximum absolute atomic E-state index is 11.4. The van der Waals surface area contributed by atoms with Gasteiger partial charge in [0.25, 0.3) is 0 Å². The van der Waals surface area contributed by atoms with Crippen LogP contribution in [0.4, 0.5) is 0 Å². The van der Waals surface area contributed by atoms with E-state index in [-0.39, 0.29) is 11.7 Å². The van der Waals surface area contributed by atoms with Gasteiger partial charge in [0, 0.05) is 12.3 Å². The molecule has 92 valence electrons. The number of nitrogens with one attached hydrogen (secondary N) is 1. The first-order chi connectivity index (χ1) is 7.20. The summed E-state index contributed by atoms with van der Waals surface area (Å²) in [6.07, 6.45) is 1.43. The van der Waals surface area contributed by atoms with Crippen LogP contribution in [0.15, 0.2) is 0 Å². The van der Waals surface area contributed by atoms with Crippen molar-refractivity contribution in [3.8, 4) is 0 Å². The zero-order valence-electron chi connectivity index (χ0n) is 9.13. The van der Waals surface area contributed by atoms with Crippen molar-refractivity contribution in [2.24, 2.45) is 11.8 Å². The third kappa shape index (κ3) is 3.80. The molecule has 0 saturated heterocycles. The minimum absolute atomic E-state index is 0.136. The number of carbonyl (C=O) groups excluding carboxylic acids is 1. The molecule has 0 heterocycles. The Kier molecular flexibility index (Phi) is 3.57. The summed E-state index contributed by atoms with van der Waals surface area (Å²) in [5, 5.41) is 11.1. The number of rotatable bonds is 5. The lowest BCUT2D eigenvalue weighted by atomic mass is 10.3. The number of hydrogen-bond acceptors (Lipinski definition) is 4. The summed E-state index contributed by atoms with van der Waals surface area (Å²) in [6.45, 7) is 1.58. The lowest BCUT2D eigenvalue weighted by Crippen LogP contribution is -2.38. The summed E-state index contributed by atoms with van der Waals surface area (Å²) < 4.78 is 21.9. The average molecular weight is 249 g/mol. The van der Waals surface area contributed by atoms with E-state index in [1.54, 1.807) is 6.92 Å². The molecule has 1 amide bonds. The Bertz CT molecular complexity index is 402. The van der Waals surface area contributed by atoms with Gasteiger partial charge in [0.2, 0.25) is 5.91 Å². The lowest BCUT2D eigenvalue weighted by Gasteiger charge is -2.12. The third-order valence-electron chi connectivity index (χ3n) is 2.39. The topological polar surface area (TPSA) is 101 Å². The first-order valence-corrected chi connectivity index (χ1v) is 6.97. The van der Waals surface area contributed by atoms with Gasteiger partial charge in [-0.05, 0) is 13.3 Å². The number of carboxylic acids is 1. The van der Waals surface area contributed by atoms with Crippen molar-refractivity contribution in [3.63, 3.8) is 0 Å². The summed E-state index contributed by atoms with van der Waals surface area (Å²) in [4.78, 5) is 22.0. The molecule has 2 N–H and O–H groups in total. The molecule has 7 heteroatoms. The van der Waals surface area contributed by atoms with Crippen molar-refractivity contribution >= 4 is 21.7 Å². The zero-order valence-corrected chi connectivity index (χ0v) is 9.95. The van der Waals surface area contributed by atoms with Crippen LogP contribution >= 0.6 is 0 Å². The standard InChI is InChI=1S/C9H15NO5S/c1-5(4-16(2,14)15)10-8(11)6-3-7(6)9(12)13/h5-7H,3-4H2,1-2H3,(H,10,11)(H,12,13). The molecule has 3 atom stereocenters. The van der Waals surface area contributed by atoms with Gasteiger partial charge in [-0.2, -0.15) is 0 Å². The Labute approximate surface area is 93.9 Å². The maximum Gasteiger partial charge on any atom is 0.307 e. The predicted octanol–water partition coefficient (Wildman–Crippen LogP) is -0.744. The number of amides is 1. The summed E-state index contributed by atoms with van der Waals surface area (Å²) in [5.74, 6) is -2.59. The molecule has 1 aliphatic carbocycles. The molecule has 1 saturated carbocycles. The second kappa shape index (κ2) is 4.40. The third-order valence-corrected chi connectivity index (χ3v) is 3.49. The van der Waals surface area contributed by atoms with Gasteiger partial charge in [0.1, 0.15) is 9.84 Å². The first kappa shape index (κ1) is 13.0. The van der Waals surface area contributed by atoms with E-state index in [1.807, 2.05) is 0 Å². The molecule has 6 nitrogen and oxygen atoms in total. The van der Waals surface area contributed by atoms with Gasteiger partial charge < -0.3 is 10.4 Å². The Balaban J connectivity index is 2.39. The van der Waals surface area contributed by atoms with E-state index in [1.165, 1.54) is 0 Å². The molecule has 3 unspecified atom stereocenters. The monoisotopic (exact) mass is 249 g/mol. The molecule has 0 spiro atoms. The highest BCUT2D eigenvalue weighted by atomic mass is 32.2. The zero-order chi connectivity index (χ0) is 12.5. The fraction of sp³-hybridized carbons (Fsp3) is 0.778. The molecule has 0 aliphatic heterocycles. The number of carboxylic acid groups (broad SMARTS) is 1. The van der Waals surface area contributed by atoms with Gasteiger partial charge in [0.15, 0.2) is 0 Å². The van der Waals surface area contributed by atoms with Gasteiger partial charge in [0.05, 0.1) is 17.6 Å². The van der Waals surface area contributed by atoms with Gasteiger partial charge in [-0.1, -0.05) is 0 Å². The van der Waals surface area contributed by atoms with Crippen LogP contribution < -0.4 is 5.32 Å². The van der Waals surface area contributed by atoms with Crippen LogP contribution in [0.25, 0.3) is 0 Å². The Morgan fingerprint density at radius 2 is 2.00 bits per heavy atom. The smallest absolute Gasteiger partial charge is 0.307 e. The van der Waals surface area contributed by atoms with Crippen LogP contribution in [-0.2, 0) is 19.4 Å². The molecule has 0 aromatic rings. The molecular formula is C9H15NO5S. The first-order valence-electron chi connectivity index (χ1n) is 4.91. The summed E-state index contributed by atoms with van der Waals surface area (Å²) in [7, 11) is -3.14. The number of aliphatic carboxylic acids is 1. The normalized spacial score (nSPS) is 25.9. The number of carbonyl (C=O) groups is 2. The van der Waals surface area contributed by atoms with Crippen molar-refractivity contribution in [1.29, 1.82) is 0 Å². The van der Waals surface area contributed by atoms with E-state index in [9.17, 15) is 18.0 Å². The SMILES string of the molecule is CC(CS(C)(=O)=O)NC(=O)C1CC1C(=O)O. The number of hydrogen-bond donors (Lipinski definition) is 2. The Morgan fingerprint density at radius 3 is 2.38 bits per heavy atom. The highest BCUT2D eigenvalue weighted by molar-refractivity contribution is 7.90. The van der Waals surface area contributed by atoms with Crippen LogP contribution in [0.3, 0.4) is 0 Å². The van der Waals surface area contributed by atoms with Gasteiger partial charge in [-0.15, -0.1) is 0 Å². The molecule has 1 rings (SSSR count). The fourth-order valence-electron chi connectivity index (χ4n) is 1.60. The van der Waals surface area contributed by atoms with Crippen LogP contribution in [0.1, 0.15) is 13.3 Å². The minimum Gasteiger partial charge on any atom is -0.481 e. The van der Waals surface area contributed by atoms with Gasteiger partial charge in [-0.3, -0.25) is 9.59 Å². The van der Waals surface area contributed by atoms with E-state index in [0.717, 1.165) is 6.26 Å². The highest BCUT2D eigenvalue weighted by Gasteiger charge is 2.48. The summed E-state index contributed by atoms with van der Waals surface area (Å²) in [5.41, 5.74) is 0. The van der Waals surface area contributed by atoms with Crippen LogP contribution in [0.2, 0.25) is 0 Å². The van der Waals surface area contributed by atoms with E-state index in [2.05, 4.69) is 5.32 Å². The molecule has 16 heavy (non-hydrogen) atoms. The molecule has 0 aromatic heterocycles. The maximum atomic E-state index is 11.4. The molecule has 1 fully saturated rings. The second-order valence-electron chi connectivity index (χ2n) is 4.29. The van der Waals surface area contributed by atoms with E-state index < -0.39 is 33.7 Å². The average Bonchev–Trinajstić information content (AvgIpc) is 2.76. The molecule has 0 bridgehead atoms. The van der Waals surface area contributed by atoms with E-state index in [0.29, 0.717) is 6.42 Å². The Hall–Kier alpha value is -1.11. The van der Waals surface area contributed by atoms with Crippen molar-refractivity contribution in [2.45, 2.75) is 19.4 Å². The minimum atomic E-state index is -3.14. The second-order valence-corrected chi connectivity index (χ2v) is 6.47. The van der Waals surface area contributed by atoms with E-state index in [4.69, 9.17) is 5.11 Å². The van der Waals surface area contributed by atoms with Crippen molar-refractivity contribution in [1.82, 2.24) is 5.32 Å². The number of sulfone groups is 1. The Morgan fingerprint density at radius 1 is 1.44 bits per heavy atom. The van der Waals surface area contributed by atoms with Crippen molar-refractivity contribution in [3.05, 3.63) is 0 Å². The highest BCUT2D eigenvalue weighted by Crippen LogP contribution is 2.38. The van der Waals surface area contributed by atoms with Crippen LogP contribution in [0, 0.1) is 11.8 Å². The van der Waals surface area contributed by atoms with E-state index >= 15 is 0 Å². The van der Waals surface area contributed by atoms with Gasteiger partial charge in [-0.25, -0.2) is 8.42 Å². The molecule has 0 aromatic carbocycles. The van der Waals surface area contributed by atoms with Crippen molar-refractivity contribution in [2.75, 3.05) is 12.0 Å².